The number of aromatic nitrogens is 1. The maximum Gasteiger partial charge on any atom is 0.410 e. The van der Waals surface area contributed by atoms with Gasteiger partial charge in [0.15, 0.2) is 5.13 Å². The normalized spacial score (nSPS) is 14.9. The standard InChI is InChI=1S/C21H27N3O3S/c1-14(15-8-6-5-7-9-15)12-18(25)23-19-22-16-10-11-24(13-17(16)28-19)20(26)27-21(2,3)4/h5-9,14H,10-13H2,1-4H3,(H,22,23,25). The summed E-state index contributed by atoms with van der Waals surface area (Å²) in [6.07, 6.45) is 0.758. The lowest BCUT2D eigenvalue weighted by Gasteiger charge is -2.29. The number of nitrogens with one attached hydrogen (secondary N) is 1. The molecule has 0 spiro atoms. The van der Waals surface area contributed by atoms with E-state index in [2.05, 4.69) is 10.3 Å². The van der Waals surface area contributed by atoms with E-state index < -0.39 is 5.60 Å². The zero-order valence-corrected chi connectivity index (χ0v) is 17.6. The zero-order valence-electron chi connectivity index (χ0n) is 16.8. The van der Waals surface area contributed by atoms with Crippen LogP contribution in [-0.2, 0) is 22.5 Å². The van der Waals surface area contributed by atoms with Crippen molar-refractivity contribution in [3.8, 4) is 0 Å². The van der Waals surface area contributed by atoms with Crippen molar-refractivity contribution in [2.24, 2.45) is 0 Å². The number of carbonyl (C=O) groups excluding carboxylic acids is 2. The molecular formula is C21H27N3O3S. The van der Waals surface area contributed by atoms with Gasteiger partial charge in [0.25, 0.3) is 0 Å². The van der Waals surface area contributed by atoms with Gasteiger partial charge in [-0.15, -0.1) is 0 Å². The molecule has 0 aliphatic carbocycles. The first-order chi connectivity index (χ1) is 13.2. The summed E-state index contributed by atoms with van der Waals surface area (Å²) in [4.78, 5) is 31.9. The summed E-state index contributed by atoms with van der Waals surface area (Å²) >= 11 is 1.43. The van der Waals surface area contributed by atoms with Gasteiger partial charge in [0.2, 0.25) is 5.91 Å². The van der Waals surface area contributed by atoms with Crippen LogP contribution in [0.1, 0.15) is 56.2 Å². The second kappa shape index (κ2) is 8.31. The van der Waals surface area contributed by atoms with Gasteiger partial charge in [-0.1, -0.05) is 48.6 Å². The van der Waals surface area contributed by atoms with Gasteiger partial charge < -0.3 is 15.0 Å². The van der Waals surface area contributed by atoms with Crippen molar-refractivity contribution in [1.82, 2.24) is 9.88 Å². The first kappa shape index (κ1) is 20.3. The number of rotatable bonds is 4. The molecule has 1 aromatic carbocycles. The van der Waals surface area contributed by atoms with Gasteiger partial charge in [-0.25, -0.2) is 9.78 Å². The molecule has 1 aliphatic heterocycles. The van der Waals surface area contributed by atoms with Crippen LogP contribution in [0.2, 0.25) is 0 Å². The maximum atomic E-state index is 12.4. The molecule has 150 valence electrons. The Morgan fingerprint density at radius 3 is 2.68 bits per heavy atom. The molecule has 1 N–H and O–H groups in total. The predicted octanol–water partition coefficient (Wildman–Crippen LogP) is 4.57. The number of nitrogens with zero attached hydrogens (tertiary/aromatic N) is 2. The summed E-state index contributed by atoms with van der Waals surface area (Å²) in [5.74, 6) is 0.0879. The number of fused-ring (bicyclic) bond motifs is 1. The topological polar surface area (TPSA) is 71.5 Å². The highest BCUT2D eigenvalue weighted by atomic mass is 32.1. The summed E-state index contributed by atoms with van der Waals surface area (Å²) in [6, 6.07) is 10.00. The molecule has 0 saturated carbocycles. The summed E-state index contributed by atoms with van der Waals surface area (Å²) < 4.78 is 5.45. The fourth-order valence-corrected chi connectivity index (χ4v) is 4.12. The number of thiazole rings is 1. The molecule has 0 fully saturated rings. The number of benzene rings is 1. The quantitative estimate of drug-likeness (QED) is 0.815. The second-order valence-electron chi connectivity index (χ2n) is 8.10. The highest BCUT2D eigenvalue weighted by Gasteiger charge is 2.28. The van der Waals surface area contributed by atoms with Crippen LogP contribution in [0.4, 0.5) is 9.93 Å². The van der Waals surface area contributed by atoms with Crippen molar-refractivity contribution in [3.05, 3.63) is 46.5 Å². The van der Waals surface area contributed by atoms with Crippen molar-refractivity contribution in [3.63, 3.8) is 0 Å². The number of anilines is 1. The lowest BCUT2D eigenvalue weighted by Crippen LogP contribution is -2.39. The Kier molecular flexibility index (Phi) is 6.03. The van der Waals surface area contributed by atoms with Crippen LogP contribution in [0, 0.1) is 0 Å². The number of hydrogen-bond donors (Lipinski definition) is 1. The number of ether oxygens (including phenoxy) is 1. The molecular weight excluding hydrogens is 374 g/mol. The molecule has 2 aromatic rings. The van der Waals surface area contributed by atoms with Crippen LogP contribution in [0.25, 0.3) is 0 Å². The SMILES string of the molecule is CC(CC(=O)Nc1nc2c(s1)CN(C(=O)OC(C)(C)C)CC2)c1ccccc1. The third kappa shape index (κ3) is 5.32. The number of carbonyl (C=O) groups is 2. The Morgan fingerprint density at radius 1 is 1.29 bits per heavy atom. The predicted molar refractivity (Wildman–Crippen MR) is 111 cm³/mol. The molecule has 7 heteroatoms. The van der Waals surface area contributed by atoms with Gasteiger partial charge in [0.1, 0.15) is 5.60 Å². The molecule has 6 nitrogen and oxygen atoms in total. The molecule has 1 aliphatic rings. The van der Waals surface area contributed by atoms with Crippen LogP contribution in [0.3, 0.4) is 0 Å². The van der Waals surface area contributed by atoms with Gasteiger partial charge in [-0.3, -0.25) is 4.79 Å². The zero-order chi connectivity index (χ0) is 20.3. The molecule has 2 amide bonds. The van der Waals surface area contributed by atoms with E-state index in [9.17, 15) is 9.59 Å². The summed E-state index contributed by atoms with van der Waals surface area (Å²) in [5.41, 5.74) is 1.58. The highest BCUT2D eigenvalue weighted by molar-refractivity contribution is 7.15. The molecule has 28 heavy (non-hydrogen) atoms. The van der Waals surface area contributed by atoms with E-state index in [0.29, 0.717) is 31.1 Å². The van der Waals surface area contributed by atoms with E-state index in [-0.39, 0.29) is 17.9 Å². The summed E-state index contributed by atoms with van der Waals surface area (Å²) in [6.45, 7) is 8.66. The number of amides is 2. The second-order valence-corrected chi connectivity index (χ2v) is 9.19. The fourth-order valence-electron chi connectivity index (χ4n) is 3.08. The monoisotopic (exact) mass is 401 g/mol. The molecule has 0 bridgehead atoms. The van der Waals surface area contributed by atoms with E-state index in [1.165, 1.54) is 11.3 Å². The highest BCUT2D eigenvalue weighted by Crippen LogP contribution is 2.29. The fraction of sp³-hybridized carbons (Fsp3) is 0.476. The molecule has 1 atom stereocenters. The van der Waals surface area contributed by atoms with Crippen molar-refractivity contribution in [2.45, 2.75) is 58.6 Å². The van der Waals surface area contributed by atoms with Crippen LogP contribution in [0.15, 0.2) is 30.3 Å². The third-order valence-corrected chi connectivity index (χ3v) is 5.49. The van der Waals surface area contributed by atoms with E-state index in [0.717, 1.165) is 16.1 Å². The Bertz CT molecular complexity index is 842. The van der Waals surface area contributed by atoms with E-state index in [4.69, 9.17) is 4.74 Å². The Labute approximate surface area is 169 Å². The van der Waals surface area contributed by atoms with E-state index in [1.807, 2.05) is 58.0 Å². The number of hydrogen-bond acceptors (Lipinski definition) is 5. The lowest BCUT2D eigenvalue weighted by atomic mass is 9.98. The Balaban J connectivity index is 1.58. The summed E-state index contributed by atoms with van der Waals surface area (Å²) in [7, 11) is 0. The van der Waals surface area contributed by atoms with Gasteiger partial charge in [0, 0.05) is 24.3 Å². The average Bonchev–Trinajstić information content (AvgIpc) is 3.02. The van der Waals surface area contributed by atoms with Gasteiger partial charge in [-0.05, 0) is 32.3 Å². The largest absolute Gasteiger partial charge is 0.444 e. The van der Waals surface area contributed by atoms with Crippen molar-refractivity contribution in [1.29, 1.82) is 0 Å². The van der Waals surface area contributed by atoms with E-state index >= 15 is 0 Å². The van der Waals surface area contributed by atoms with Crippen LogP contribution in [-0.4, -0.2) is 34.0 Å². The van der Waals surface area contributed by atoms with Gasteiger partial charge in [0.05, 0.1) is 12.2 Å². The summed E-state index contributed by atoms with van der Waals surface area (Å²) in [5, 5.41) is 3.51. The minimum Gasteiger partial charge on any atom is -0.444 e. The molecule has 0 saturated heterocycles. The van der Waals surface area contributed by atoms with Crippen LogP contribution >= 0.6 is 11.3 Å². The van der Waals surface area contributed by atoms with Crippen molar-refractivity contribution >= 4 is 28.5 Å². The Morgan fingerprint density at radius 2 is 2.00 bits per heavy atom. The van der Waals surface area contributed by atoms with Crippen molar-refractivity contribution in [2.75, 3.05) is 11.9 Å². The molecule has 1 aromatic heterocycles. The maximum absolute atomic E-state index is 12.4. The molecule has 3 rings (SSSR count). The minimum atomic E-state index is -0.514. The lowest BCUT2D eigenvalue weighted by molar-refractivity contribution is -0.116. The smallest absolute Gasteiger partial charge is 0.410 e. The van der Waals surface area contributed by atoms with Gasteiger partial charge in [-0.2, -0.15) is 0 Å². The van der Waals surface area contributed by atoms with Crippen LogP contribution in [0.5, 0.6) is 0 Å². The molecule has 1 unspecified atom stereocenters. The van der Waals surface area contributed by atoms with Crippen LogP contribution < -0.4 is 5.32 Å². The average molecular weight is 402 g/mol. The first-order valence-corrected chi connectivity index (χ1v) is 10.3. The Hall–Kier alpha value is -2.41. The molecule has 2 heterocycles. The van der Waals surface area contributed by atoms with Gasteiger partial charge >= 0.3 is 6.09 Å². The first-order valence-electron chi connectivity index (χ1n) is 9.52. The minimum absolute atomic E-state index is 0.0496. The third-order valence-electron chi connectivity index (χ3n) is 4.49. The van der Waals surface area contributed by atoms with E-state index in [1.54, 1.807) is 4.90 Å². The molecule has 0 radical (unpaired) electrons. The van der Waals surface area contributed by atoms with Crippen molar-refractivity contribution < 1.29 is 14.3 Å².